The Kier molecular flexibility index (Phi) is 8.27. The highest BCUT2D eigenvalue weighted by Gasteiger charge is 2.34. The fraction of sp³-hybridized carbons (Fsp3) is 1.00. The molecule has 0 atom stereocenters. The molecule has 0 amide bonds. The van der Waals surface area contributed by atoms with Gasteiger partial charge in [0, 0.05) is 0 Å². The van der Waals surface area contributed by atoms with E-state index in [1.807, 2.05) is 0 Å². The van der Waals surface area contributed by atoms with E-state index >= 15 is 0 Å². The topological polar surface area (TPSA) is 36.9 Å². The van der Waals surface area contributed by atoms with Crippen molar-refractivity contribution >= 4 is 37.6 Å². The normalized spacial score (nSPS) is 13.3. The van der Waals surface area contributed by atoms with Crippen molar-refractivity contribution in [1.29, 1.82) is 0 Å². The predicted octanol–water partition coefficient (Wildman–Crippen LogP) is -0.0628. The highest BCUT2D eigenvalue weighted by Crippen LogP contribution is 2.18. The van der Waals surface area contributed by atoms with Gasteiger partial charge in [-0.05, 0) is 39.3 Å². The molecule has 0 aromatic carbocycles. The Morgan fingerprint density at radius 2 is 1.31 bits per heavy atom. The van der Waals surface area contributed by atoms with Crippen molar-refractivity contribution in [2.75, 3.05) is 6.61 Å². The summed E-state index contributed by atoms with van der Waals surface area (Å²) in [5, 5.41) is 0. The van der Waals surface area contributed by atoms with Crippen LogP contribution >= 0.6 is 0 Å². The zero-order valence-corrected chi connectivity index (χ0v) is 17.0. The third-order valence-corrected chi connectivity index (χ3v) is 4.85. The van der Waals surface area contributed by atoms with E-state index in [0.717, 1.165) is 0 Å². The molecule has 0 aliphatic carbocycles. The molecule has 0 aliphatic rings. The standard InChI is InChI=1S/C8H26O4Si4/c1-14(2)9-7-8(10-13,11-15(3)4)12-16(5)6/h14-16H,7H2,1-6,13H3. The van der Waals surface area contributed by atoms with Gasteiger partial charge in [0.2, 0.25) is 0 Å². The maximum atomic E-state index is 5.91. The molecule has 0 aromatic rings. The smallest absolute Gasteiger partial charge is 0.276 e. The molecule has 4 nitrogen and oxygen atoms in total. The van der Waals surface area contributed by atoms with Gasteiger partial charge in [-0.2, -0.15) is 0 Å². The van der Waals surface area contributed by atoms with E-state index < -0.39 is 33.1 Å². The van der Waals surface area contributed by atoms with Gasteiger partial charge in [-0.1, -0.05) is 0 Å². The van der Waals surface area contributed by atoms with Crippen molar-refractivity contribution in [2.45, 2.75) is 45.3 Å². The van der Waals surface area contributed by atoms with Gasteiger partial charge in [-0.25, -0.2) is 0 Å². The van der Waals surface area contributed by atoms with Gasteiger partial charge in [0.1, 0.15) is 6.61 Å². The lowest BCUT2D eigenvalue weighted by atomic mass is 10.6. The van der Waals surface area contributed by atoms with Crippen LogP contribution < -0.4 is 0 Å². The first-order chi connectivity index (χ1) is 7.31. The summed E-state index contributed by atoms with van der Waals surface area (Å²) in [5.41, 5.74) is 0. The summed E-state index contributed by atoms with van der Waals surface area (Å²) in [5.74, 6) is -0.885. The van der Waals surface area contributed by atoms with E-state index in [4.69, 9.17) is 17.7 Å². The van der Waals surface area contributed by atoms with Crippen LogP contribution in [-0.2, 0) is 17.7 Å². The van der Waals surface area contributed by atoms with Crippen LogP contribution in [0.1, 0.15) is 0 Å². The zero-order valence-electron chi connectivity index (χ0n) is 11.6. The highest BCUT2D eigenvalue weighted by molar-refractivity contribution is 6.50. The minimum absolute atomic E-state index is 0.427. The summed E-state index contributed by atoms with van der Waals surface area (Å²) in [6.45, 7) is 13.2. The molecule has 0 radical (unpaired) electrons. The van der Waals surface area contributed by atoms with Crippen molar-refractivity contribution in [3.05, 3.63) is 0 Å². The zero-order chi connectivity index (χ0) is 12.8. The van der Waals surface area contributed by atoms with Gasteiger partial charge in [0.15, 0.2) is 37.6 Å². The first-order valence-corrected chi connectivity index (χ1v) is 15.0. The van der Waals surface area contributed by atoms with Crippen LogP contribution in [0.3, 0.4) is 0 Å². The Morgan fingerprint density at radius 1 is 0.875 bits per heavy atom. The molecule has 0 saturated heterocycles. The van der Waals surface area contributed by atoms with Gasteiger partial charge in [-0.3, -0.25) is 0 Å². The molecule has 0 saturated carbocycles. The number of hydrogen-bond donors (Lipinski definition) is 0. The fourth-order valence-corrected chi connectivity index (χ4v) is 4.46. The summed E-state index contributed by atoms with van der Waals surface area (Å²) >= 11 is 0. The van der Waals surface area contributed by atoms with Crippen molar-refractivity contribution in [2.24, 2.45) is 0 Å². The molecule has 0 N–H and O–H groups in total. The second-order valence-corrected chi connectivity index (χ2v) is 12.1. The van der Waals surface area contributed by atoms with E-state index in [2.05, 4.69) is 39.3 Å². The van der Waals surface area contributed by atoms with Crippen LogP contribution in [0.25, 0.3) is 0 Å². The predicted molar refractivity (Wildman–Crippen MR) is 78.5 cm³/mol. The Labute approximate surface area is 107 Å². The van der Waals surface area contributed by atoms with E-state index in [0.29, 0.717) is 17.1 Å². The molecule has 0 bridgehead atoms. The summed E-state index contributed by atoms with van der Waals surface area (Å²) in [7, 11) is -2.88. The Balaban J connectivity index is 4.53. The SMILES string of the molecule is C[SiH](C)OCC(O[SiH3])(O[SiH](C)C)O[SiH](C)C. The van der Waals surface area contributed by atoms with Gasteiger partial charge in [0.25, 0.3) is 5.97 Å². The second kappa shape index (κ2) is 7.92. The molecule has 0 fully saturated rings. The summed E-state index contributed by atoms with van der Waals surface area (Å²) in [4.78, 5) is 0. The summed E-state index contributed by atoms with van der Waals surface area (Å²) in [6.07, 6.45) is 0. The fourth-order valence-electron chi connectivity index (χ4n) is 1.24. The Hall–Kier alpha value is 0.708. The van der Waals surface area contributed by atoms with E-state index in [1.54, 1.807) is 0 Å². The van der Waals surface area contributed by atoms with Crippen LogP contribution in [0.2, 0.25) is 39.3 Å². The lowest BCUT2D eigenvalue weighted by Crippen LogP contribution is -2.49. The summed E-state index contributed by atoms with van der Waals surface area (Å²) < 4.78 is 23.1. The van der Waals surface area contributed by atoms with Gasteiger partial charge < -0.3 is 17.7 Å². The largest absolute Gasteiger partial charge is 0.412 e. The van der Waals surface area contributed by atoms with Gasteiger partial charge in [0.05, 0.1) is 0 Å². The molecule has 0 unspecified atom stereocenters. The van der Waals surface area contributed by atoms with Crippen LogP contribution in [-0.4, -0.2) is 50.2 Å². The Bertz CT molecular complexity index is 179. The quantitative estimate of drug-likeness (QED) is 0.465. The van der Waals surface area contributed by atoms with E-state index in [-0.39, 0.29) is 0 Å². The van der Waals surface area contributed by atoms with Crippen molar-refractivity contribution in [1.82, 2.24) is 0 Å². The minimum atomic E-state index is -1.21. The van der Waals surface area contributed by atoms with Crippen LogP contribution in [0, 0.1) is 0 Å². The Morgan fingerprint density at radius 3 is 1.56 bits per heavy atom. The first kappa shape index (κ1) is 16.7. The van der Waals surface area contributed by atoms with Crippen LogP contribution in [0.5, 0.6) is 0 Å². The van der Waals surface area contributed by atoms with Crippen molar-refractivity contribution < 1.29 is 17.7 Å². The molecular weight excluding hydrogens is 272 g/mol. The monoisotopic (exact) mass is 298 g/mol. The van der Waals surface area contributed by atoms with Crippen molar-refractivity contribution in [3.63, 3.8) is 0 Å². The third-order valence-electron chi connectivity index (χ3n) is 1.73. The van der Waals surface area contributed by atoms with Crippen molar-refractivity contribution in [3.8, 4) is 0 Å². The van der Waals surface area contributed by atoms with Crippen LogP contribution in [0.15, 0.2) is 0 Å². The minimum Gasteiger partial charge on any atom is -0.412 e. The molecule has 8 heteroatoms. The molecule has 16 heavy (non-hydrogen) atoms. The third kappa shape index (κ3) is 7.12. The number of rotatable bonds is 8. The molecule has 0 rings (SSSR count). The molecule has 0 spiro atoms. The maximum absolute atomic E-state index is 5.91. The second-order valence-electron chi connectivity index (χ2n) is 4.58. The van der Waals surface area contributed by atoms with E-state index in [1.165, 1.54) is 0 Å². The highest BCUT2D eigenvalue weighted by atomic mass is 28.3. The molecule has 98 valence electrons. The molecular formula is C8H26O4Si4. The lowest BCUT2D eigenvalue weighted by molar-refractivity contribution is -0.272. The molecule has 0 heterocycles. The maximum Gasteiger partial charge on any atom is 0.276 e. The first-order valence-electron chi connectivity index (χ1n) is 5.83. The molecule has 0 aliphatic heterocycles. The average molecular weight is 299 g/mol. The van der Waals surface area contributed by atoms with Gasteiger partial charge >= 0.3 is 0 Å². The summed E-state index contributed by atoms with van der Waals surface area (Å²) in [6, 6.07) is 0. The van der Waals surface area contributed by atoms with Crippen LogP contribution in [0.4, 0.5) is 0 Å². The van der Waals surface area contributed by atoms with E-state index in [9.17, 15) is 0 Å². The van der Waals surface area contributed by atoms with Gasteiger partial charge in [-0.15, -0.1) is 0 Å². The molecule has 0 aromatic heterocycles. The number of hydrogen-bond acceptors (Lipinski definition) is 4. The lowest BCUT2D eigenvalue weighted by Gasteiger charge is -2.36. The average Bonchev–Trinajstić information content (AvgIpc) is 2.12.